The smallest absolute Gasteiger partial charge is 0.213 e. The molecule has 0 N–H and O–H groups in total. The van der Waals surface area contributed by atoms with Gasteiger partial charge in [-0.15, -0.1) is 4.91 Å². The number of carbonyl (C=O) groups is 2. The lowest BCUT2D eigenvalue weighted by atomic mass is 9.92. The van der Waals surface area contributed by atoms with Gasteiger partial charge in [-0.2, -0.15) is 5.01 Å². The molecule has 0 unspecified atom stereocenters. The van der Waals surface area contributed by atoms with Crippen LogP contribution in [0.25, 0.3) is 0 Å². The number of fused-ring (bicyclic) bond motifs is 1. The molecule has 1 aliphatic rings. The predicted octanol–water partition coefficient (Wildman–Crippen LogP) is 4.01. The molecule has 0 saturated carbocycles. The third-order valence-electron chi connectivity index (χ3n) is 3.61. The molecule has 6 heteroatoms. The van der Waals surface area contributed by atoms with Crippen LogP contribution in [0.15, 0.2) is 64.5 Å². The van der Waals surface area contributed by atoms with E-state index in [2.05, 4.69) is 5.29 Å². The van der Waals surface area contributed by atoms with E-state index < -0.39 is 11.6 Å². The van der Waals surface area contributed by atoms with Gasteiger partial charge in [0.2, 0.25) is 11.6 Å². The molecule has 0 heterocycles. The van der Waals surface area contributed by atoms with Crippen molar-refractivity contribution in [3.05, 3.63) is 80.9 Å². The van der Waals surface area contributed by atoms with Crippen LogP contribution in [0.2, 0.25) is 0 Å². The Kier molecular flexibility index (Phi) is 3.80. The standard InChI is InChI=1S/C17H11ClN2O3/c1-10-6-8-11(9-7-10)20(19-23)15-14(18)16(21)12-4-2-3-5-13(12)17(15)22/h2-9H,1H3. The van der Waals surface area contributed by atoms with Gasteiger partial charge in [0.05, 0.1) is 11.0 Å². The van der Waals surface area contributed by atoms with Gasteiger partial charge < -0.3 is 0 Å². The molecule has 0 aliphatic heterocycles. The van der Waals surface area contributed by atoms with E-state index in [4.69, 9.17) is 11.6 Å². The molecular formula is C17H11ClN2O3. The maximum Gasteiger partial charge on any atom is 0.213 e. The zero-order valence-electron chi connectivity index (χ0n) is 12.1. The van der Waals surface area contributed by atoms with Crippen LogP contribution < -0.4 is 5.01 Å². The summed E-state index contributed by atoms with van der Waals surface area (Å²) in [6.45, 7) is 1.89. The lowest BCUT2D eigenvalue weighted by Gasteiger charge is -2.23. The monoisotopic (exact) mass is 326 g/mol. The summed E-state index contributed by atoms with van der Waals surface area (Å²) in [7, 11) is 0. The first-order valence-electron chi connectivity index (χ1n) is 6.83. The summed E-state index contributed by atoms with van der Waals surface area (Å²) in [5, 5.41) is 3.44. The summed E-state index contributed by atoms with van der Waals surface area (Å²) in [4.78, 5) is 36.4. The second-order valence-corrected chi connectivity index (χ2v) is 5.47. The number of hydrogen-bond acceptors (Lipinski definition) is 4. The van der Waals surface area contributed by atoms with Gasteiger partial charge in [0.1, 0.15) is 10.7 Å². The lowest BCUT2D eigenvalue weighted by Crippen LogP contribution is -2.29. The molecule has 0 saturated heterocycles. The minimum Gasteiger partial charge on any atom is -0.287 e. The van der Waals surface area contributed by atoms with Crippen molar-refractivity contribution in [2.75, 3.05) is 5.01 Å². The molecule has 0 bridgehead atoms. The van der Waals surface area contributed by atoms with Crippen LogP contribution >= 0.6 is 11.6 Å². The Labute approximate surface area is 137 Å². The number of Topliss-reactive ketones (excluding diaryl/α,β-unsaturated/α-hetero) is 2. The van der Waals surface area contributed by atoms with Crippen molar-refractivity contribution in [1.82, 2.24) is 0 Å². The van der Waals surface area contributed by atoms with Gasteiger partial charge in [-0.05, 0) is 19.1 Å². The Morgan fingerprint density at radius 1 is 0.913 bits per heavy atom. The molecule has 23 heavy (non-hydrogen) atoms. The minimum atomic E-state index is -0.509. The zero-order chi connectivity index (χ0) is 16.6. The zero-order valence-corrected chi connectivity index (χ0v) is 12.9. The molecule has 0 spiro atoms. The Morgan fingerprint density at radius 2 is 1.48 bits per heavy atom. The molecule has 2 aromatic rings. The van der Waals surface area contributed by atoms with Crippen LogP contribution in [0.1, 0.15) is 26.3 Å². The average molecular weight is 327 g/mol. The van der Waals surface area contributed by atoms with Crippen molar-refractivity contribution < 1.29 is 9.59 Å². The Hall–Kier alpha value is -2.79. The molecule has 0 radical (unpaired) electrons. The van der Waals surface area contributed by atoms with E-state index in [-0.39, 0.29) is 21.9 Å². The van der Waals surface area contributed by atoms with Gasteiger partial charge in [0.25, 0.3) is 0 Å². The molecule has 0 fully saturated rings. The molecule has 3 rings (SSSR count). The quantitative estimate of drug-likeness (QED) is 0.631. The number of aryl methyl sites for hydroxylation is 1. The van der Waals surface area contributed by atoms with Gasteiger partial charge in [0.15, 0.2) is 0 Å². The number of allylic oxidation sites excluding steroid dienone is 2. The normalized spacial score (nSPS) is 13.8. The summed E-state index contributed by atoms with van der Waals surface area (Å²) in [5.74, 6) is -1.01. The van der Waals surface area contributed by atoms with E-state index in [0.29, 0.717) is 5.69 Å². The number of ketones is 2. The predicted molar refractivity (Wildman–Crippen MR) is 87.4 cm³/mol. The molecule has 1 aliphatic carbocycles. The van der Waals surface area contributed by atoms with Crippen molar-refractivity contribution in [3.8, 4) is 0 Å². The van der Waals surface area contributed by atoms with Gasteiger partial charge in [-0.1, -0.05) is 53.6 Å². The Bertz CT molecular complexity index is 856. The number of halogens is 1. The van der Waals surface area contributed by atoms with Crippen LogP contribution in [0.4, 0.5) is 5.69 Å². The second kappa shape index (κ2) is 5.78. The molecule has 0 atom stereocenters. The molecule has 2 aromatic carbocycles. The highest BCUT2D eigenvalue weighted by Crippen LogP contribution is 2.33. The molecule has 0 aromatic heterocycles. The van der Waals surface area contributed by atoms with Crippen molar-refractivity contribution in [2.24, 2.45) is 5.29 Å². The fourth-order valence-electron chi connectivity index (χ4n) is 2.42. The number of rotatable bonds is 3. The fourth-order valence-corrected chi connectivity index (χ4v) is 2.69. The number of nitroso groups, excluding NO2 is 1. The highest BCUT2D eigenvalue weighted by Gasteiger charge is 2.35. The van der Waals surface area contributed by atoms with Gasteiger partial charge in [-0.25, -0.2) is 0 Å². The molecular weight excluding hydrogens is 316 g/mol. The topological polar surface area (TPSA) is 66.8 Å². The third kappa shape index (κ3) is 2.45. The van der Waals surface area contributed by atoms with E-state index >= 15 is 0 Å². The van der Waals surface area contributed by atoms with E-state index in [9.17, 15) is 14.5 Å². The van der Waals surface area contributed by atoms with E-state index in [1.165, 1.54) is 12.1 Å². The number of anilines is 1. The first-order valence-corrected chi connectivity index (χ1v) is 7.20. The van der Waals surface area contributed by atoms with Gasteiger partial charge in [-0.3, -0.25) is 9.59 Å². The lowest BCUT2D eigenvalue weighted by molar-refractivity contribution is 0.0978. The van der Waals surface area contributed by atoms with Gasteiger partial charge >= 0.3 is 0 Å². The first kappa shape index (κ1) is 15.1. The maximum absolute atomic E-state index is 12.7. The van der Waals surface area contributed by atoms with Crippen molar-refractivity contribution in [2.45, 2.75) is 6.92 Å². The maximum atomic E-state index is 12.7. The van der Waals surface area contributed by atoms with Crippen LogP contribution in [0, 0.1) is 11.8 Å². The average Bonchev–Trinajstić information content (AvgIpc) is 2.58. The summed E-state index contributed by atoms with van der Waals surface area (Å²) < 4.78 is 0. The number of carbonyl (C=O) groups excluding carboxylic acids is 2. The number of hydrogen-bond donors (Lipinski definition) is 0. The largest absolute Gasteiger partial charge is 0.287 e. The van der Waals surface area contributed by atoms with Crippen LogP contribution in [-0.4, -0.2) is 11.6 Å². The highest BCUT2D eigenvalue weighted by atomic mass is 35.5. The van der Waals surface area contributed by atoms with Gasteiger partial charge in [0, 0.05) is 11.1 Å². The molecule has 0 amide bonds. The Morgan fingerprint density at radius 3 is 2.04 bits per heavy atom. The second-order valence-electron chi connectivity index (χ2n) is 5.10. The van der Waals surface area contributed by atoms with E-state index in [1.54, 1.807) is 36.4 Å². The summed E-state index contributed by atoms with van der Waals surface area (Å²) in [5.41, 5.74) is 1.54. The highest BCUT2D eigenvalue weighted by molar-refractivity contribution is 6.50. The SMILES string of the molecule is Cc1ccc(N(N=O)C2=C(Cl)C(=O)c3ccccc3C2=O)cc1. The van der Waals surface area contributed by atoms with Crippen LogP contribution in [0.3, 0.4) is 0 Å². The van der Waals surface area contributed by atoms with Crippen LogP contribution in [0.5, 0.6) is 0 Å². The van der Waals surface area contributed by atoms with E-state index in [0.717, 1.165) is 10.6 Å². The third-order valence-corrected chi connectivity index (χ3v) is 3.96. The number of nitrogens with zero attached hydrogens (tertiary/aromatic N) is 2. The summed E-state index contributed by atoms with van der Waals surface area (Å²) in [6.07, 6.45) is 0. The molecule has 114 valence electrons. The van der Waals surface area contributed by atoms with Crippen molar-refractivity contribution >= 4 is 28.9 Å². The van der Waals surface area contributed by atoms with Crippen molar-refractivity contribution in [1.29, 1.82) is 0 Å². The number of benzene rings is 2. The first-order chi connectivity index (χ1) is 11.0. The fraction of sp³-hybridized carbons (Fsp3) is 0.0588. The summed E-state index contributed by atoms with van der Waals surface area (Å²) >= 11 is 6.08. The van der Waals surface area contributed by atoms with E-state index in [1.807, 2.05) is 6.92 Å². The summed E-state index contributed by atoms with van der Waals surface area (Å²) in [6, 6.07) is 13.1. The minimum absolute atomic E-state index is 0.206. The Balaban J connectivity index is 2.15. The van der Waals surface area contributed by atoms with Crippen LogP contribution in [-0.2, 0) is 0 Å². The van der Waals surface area contributed by atoms with Crippen molar-refractivity contribution in [3.63, 3.8) is 0 Å². The molecule has 5 nitrogen and oxygen atoms in total.